The monoisotopic (exact) mass is 385 g/mol. The summed E-state index contributed by atoms with van der Waals surface area (Å²) >= 11 is 0. The van der Waals surface area contributed by atoms with Gasteiger partial charge in [-0.3, -0.25) is 9.20 Å². The van der Waals surface area contributed by atoms with E-state index >= 15 is 0 Å². The molecule has 0 saturated heterocycles. The van der Waals surface area contributed by atoms with Crippen LogP contribution in [0.3, 0.4) is 0 Å². The lowest BCUT2D eigenvalue weighted by atomic mass is 10.1. The fraction of sp³-hybridized carbons (Fsp3) is 0.174. The van der Waals surface area contributed by atoms with E-state index in [0.717, 1.165) is 35.6 Å². The van der Waals surface area contributed by atoms with Crippen LogP contribution >= 0.6 is 0 Å². The Hall–Kier alpha value is -3.51. The van der Waals surface area contributed by atoms with Gasteiger partial charge in [-0.1, -0.05) is 48.5 Å². The molecule has 0 aliphatic heterocycles. The quantitative estimate of drug-likeness (QED) is 0.479. The van der Waals surface area contributed by atoms with E-state index in [1.807, 2.05) is 59.3 Å². The van der Waals surface area contributed by atoms with E-state index in [1.165, 1.54) is 12.5 Å². The summed E-state index contributed by atoms with van der Waals surface area (Å²) in [6.07, 6.45) is 4.00. The molecule has 0 unspecified atom stereocenters. The number of nitrogens with one attached hydrogen (secondary N) is 2. The Morgan fingerprint density at radius 3 is 2.55 bits per heavy atom. The topological polar surface area (TPSA) is 71.3 Å². The molecule has 4 aromatic rings. The van der Waals surface area contributed by atoms with Crippen LogP contribution in [0, 0.1) is 0 Å². The molecular formula is C23H23N5O. The number of aromatic nitrogens is 3. The van der Waals surface area contributed by atoms with Crippen LogP contribution in [0.1, 0.15) is 12.5 Å². The zero-order valence-corrected chi connectivity index (χ0v) is 16.3. The standard InChI is InChI=1S/C23H23N5O/c1-17(29)25-12-11-24-15-18-6-5-9-20(14-18)22-16-28-13-10-21(26-23(28)27-22)19-7-3-2-4-8-19/h2-10,13-14,16,24H,11-12,15H2,1H3,(H,25,29). The Morgan fingerprint density at radius 1 is 0.931 bits per heavy atom. The fourth-order valence-corrected chi connectivity index (χ4v) is 3.18. The number of imidazole rings is 1. The summed E-state index contributed by atoms with van der Waals surface area (Å²) in [6, 6.07) is 20.4. The van der Waals surface area contributed by atoms with E-state index in [9.17, 15) is 4.79 Å². The Morgan fingerprint density at radius 2 is 1.72 bits per heavy atom. The van der Waals surface area contributed by atoms with Crippen LogP contribution in [-0.4, -0.2) is 33.4 Å². The number of fused-ring (bicyclic) bond motifs is 1. The molecule has 4 rings (SSSR count). The van der Waals surface area contributed by atoms with Gasteiger partial charge in [-0.15, -0.1) is 0 Å². The van der Waals surface area contributed by atoms with Crippen molar-refractivity contribution in [2.75, 3.05) is 13.1 Å². The normalized spacial score (nSPS) is 10.9. The van der Waals surface area contributed by atoms with Crippen molar-refractivity contribution in [3.63, 3.8) is 0 Å². The van der Waals surface area contributed by atoms with Gasteiger partial charge >= 0.3 is 0 Å². The van der Waals surface area contributed by atoms with E-state index in [-0.39, 0.29) is 5.91 Å². The summed E-state index contributed by atoms with van der Waals surface area (Å²) in [6.45, 7) is 3.61. The molecule has 0 fully saturated rings. The molecule has 0 bridgehead atoms. The first-order chi connectivity index (χ1) is 14.2. The van der Waals surface area contributed by atoms with Crippen LogP contribution in [0.2, 0.25) is 0 Å². The summed E-state index contributed by atoms with van der Waals surface area (Å²) in [4.78, 5) is 20.3. The molecule has 2 aromatic carbocycles. The van der Waals surface area contributed by atoms with Gasteiger partial charge in [0.15, 0.2) is 0 Å². The van der Waals surface area contributed by atoms with Crippen molar-refractivity contribution >= 4 is 11.7 Å². The lowest BCUT2D eigenvalue weighted by molar-refractivity contribution is -0.118. The Labute approximate surface area is 169 Å². The van der Waals surface area contributed by atoms with E-state index in [4.69, 9.17) is 9.97 Å². The second-order valence-corrected chi connectivity index (χ2v) is 6.87. The van der Waals surface area contributed by atoms with Crippen molar-refractivity contribution in [3.8, 4) is 22.5 Å². The molecule has 1 amide bonds. The first-order valence-corrected chi connectivity index (χ1v) is 9.65. The van der Waals surface area contributed by atoms with Crippen LogP contribution < -0.4 is 10.6 Å². The van der Waals surface area contributed by atoms with Gasteiger partial charge in [-0.05, 0) is 17.7 Å². The maximum Gasteiger partial charge on any atom is 0.234 e. The number of amides is 1. The summed E-state index contributed by atoms with van der Waals surface area (Å²) in [5.41, 5.74) is 5.10. The minimum Gasteiger partial charge on any atom is -0.355 e. The molecule has 6 nitrogen and oxygen atoms in total. The Bertz CT molecular complexity index is 1120. The van der Waals surface area contributed by atoms with Crippen molar-refractivity contribution in [2.45, 2.75) is 13.5 Å². The van der Waals surface area contributed by atoms with Crippen LogP contribution in [0.5, 0.6) is 0 Å². The van der Waals surface area contributed by atoms with Crippen LogP contribution in [-0.2, 0) is 11.3 Å². The maximum absolute atomic E-state index is 10.9. The first kappa shape index (κ1) is 18.8. The third-order valence-electron chi connectivity index (χ3n) is 4.62. The highest BCUT2D eigenvalue weighted by Gasteiger charge is 2.08. The molecule has 2 N–H and O–H groups in total. The molecule has 29 heavy (non-hydrogen) atoms. The lowest BCUT2D eigenvalue weighted by Crippen LogP contribution is -2.29. The van der Waals surface area contributed by atoms with Gasteiger partial charge in [-0.25, -0.2) is 9.97 Å². The molecule has 0 radical (unpaired) electrons. The molecule has 0 aliphatic rings. The Balaban J connectivity index is 1.50. The average molecular weight is 385 g/mol. The smallest absolute Gasteiger partial charge is 0.234 e. The third-order valence-corrected chi connectivity index (χ3v) is 4.62. The molecule has 0 atom stereocenters. The number of carbonyl (C=O) groups excluding carboxylic acids is 1. The van der Waals surface area contributed by atoms with Crippen LogP contribution in [0.4, 0.5) is 0 Å². The van der Waals surface area contributed by atoms with Crippen molar-refractivity contribution in [3.05, 3.63) is 78.6 Å². The number of benzene rings is 2. The predicted molar refractivity (Wildman–Crippen MR) is 114 cm³/mol. The van der Waals surface area contributed by atoms with Crippen molar-refractivity contribution in [1.29, 1.82) is 0 Å². The fourth-order valence-electron chi connectivity index (χ4n) is 3.18. The third kappa shape index (κ3) is 4.67. The molecule has 2 aromatic heterocycles. The maximum atomic E-state index is 10.9. The number of hydrogen-bond acceptors (Lipinski definition) is 4. The predicted octanol–water partition coefficient (Wildman–Crippen LogP) is 3.29. The van der Waals surface area contributed by atoms with Gasteiger partial charge in [0.1, 0.15) is 0 Å². The van der Waals surface area contributed by atoms with E-state index in [0.29, 0.717) is 12.3 Å². The summed E-state index contributed by atoms with van der Waals surface area (Å²) in [5, 5.41) is 6.11. The molecule has 6 heteroatoms. The first-order valence-electron chi connectivity index (χ1n) is 9.65. The van der Waals surface area contributed by atoms with Crippen molar-refractivity contribution < 1.29 is 4.79 Å². The van der Waals surface area contributed by atoms with E-state index < -0.39 is 0 Å². The molecule has 0 saturated carbocycles. The summed E-state index contributed by atoms with van der Waals surface area (Å²) in [5.74, 6) is 0.671. The van der Waals surface area contributed by atoms with Crippen LogP contribution in [0.25, 0.3) is 28.3 Å². The van der Waals surface area contributed by atoms with Crippen molar-refractivity contribution in [2.24, 2.45) is 0 Å². The zero-order valence-electron chi connectivity index (χ0n) is 16.3. The molecule has 0 spiro atoms. The number of carbonyl (C=O) groups is 1. The van der Waals surface area contributed by atoms with Gasteiger partial charge in [0.25, 0.3) is 0 Å². The van der Waals surface area contributed by atoms with Gasteiger partial charge in [-0.2, -0.15) is 0 Å². The lowest BCUT2D eigenvalue weighted by Gasteiger charge is -2.06. The number of nitrogens with zero attached hydrogens (tertiary/aromatic N) is 3. The van der Waals surface area contributed by atoms with Gasteiger partial charge in [0.05, 0.1) is 11.4 Å². The van der Waals surface area contributed by atoms with Gasteiger partial charge < -0.3 is 10.6 Å². The molecule has 0 aliphatic carbocycles. The highest BCUT2D eigenvalue weighted by Crippen LogP contribution is 2.22. The summed E-state index contributed by atoms with van der Waals surface area (Å²) in [7, 11) is 0. The Kier molecular flexibility index (Phi) is 5.63. The second kappa shape index (κ2) is 8.67. The minimum atomic E-state index is -0.00956. The van der Waals surface area contributed by atoms with Crippen molar-refractivity contribution in [1.82, 2.24) is 25.0 Å². The molecular weight excluding hydrogens is 362 g/mol. The number of hydrogen-bond donors (Lipinski definition) is 2. The summed E-state index contributed by atoms with van der Waals surface area (Å²) < 4.78 is 1.94. The highest BCUT2D eigenvalue weighted by atomic mass is 16.1. The second-order valence-electron chi connectivity index (χ2n) is 6.87. The zero-order chi connectivity index (χ0) is 20.1. The minimum absolute atomic E-state index is 0.00956. The highest BCUT2D eigenvalue weighted by molar-refractivity contribution is 5.72. The van der Waals surface area contributed by atoms with Crippen LogP contribution in [0.15, 0.2) is 73.1 Å². The molecule has 2 heterocycles. The largest absolute Gasteiger partial charge is 0.355 e. The van der Waals surface area contributed by atoms with E-state index in [1.54, 1.807) is 0 Å². The van der Waals surface area contributed by atoms with E-state index in [2.05, 4.69) is 28.8 Å². The molecule has 146 valence electrons. The SMILES string of the molecule is CC(=O)NCCNCc1cccc(-c2cn3ccc(-c4ccccc4)nc3n2)c1. The average Bonchev–Trinajstić information content (AvgIpc) is 3.18. The number of rotatable bonds is 7. The van der Waals surface area contributed by atoms with Gasteiger partial charge in [0.2, 0.25) is 11.7 Å². The van der Waals surface area contributed by atoms with Gasteiger partial charge in [0, 0.05) is 50.1 Å².